The Morgan fingerprint density at radius 2 is 1.85 bits per heavy atom. The summed E-state index contributed by atoms with van der Waals surface area (Å²) in [6.45, 7) is 12.7. The molecule has 2 nitrogen and oxygen atoms in total. The molecule has 1 aromatic rings. The molecule has 20 heavy (non-hydrogen) atoms. The van der Waals surface area contributed by atoms with Crippen LogP contribution in [0.15, 0.2) is 30.3 Å². The minimum atomic E-state index is 0.508. The standard InChI is InChI=1S/C18H30N2/c1-14(2)19-12-18(17-8-6-5-7-9-17)20-11-10-15(3)16(4)13-20/h5-9,14-16,18-19H,10-13H2,1-4H3. The molecule has 0 spiro atoms. The highest BCUT2D eigenvalue weighted by Gasteiger charge is 2.28. The second-order valence-electron chi connectivity index (χ2n) is 6.73. The molecule has 1 heterocycles. The Hall–Kier alpha value is -0.860. The molecule has 112 valence electrons. The molecule has 1 aromatic carbocycles. The van der Waals surface area contributed by atoms with E-state index in [1.807, 2.05) is 0 Å². The van der Waals surface area contributed by atoms with Crippen LogP contribution in [0.4, 0.5) is 0 Å². The summed E-state index contributed by atoms with van der Waals surface area (Å²) in [7, 11) is 0. The molecule has 1 saturated heterocycles. The first kappa shape index (κ1) is 15.5. The second-order valence-corrected chi connectivity index (χ2v) is 6.73. The highest BCUT2D eigenvalue weighted by molar-refractivity contribution is 5.19. The van der Waals surface area contributed by atoms with Gasteiger partial charge in [-0.05, 0) is 30.4 Å². The van der Waals surface area contributed by atoms with Gasteiger partial charge in [-0.1, -0.05) is 58.0 Å². The molecule has 2 heteroatoms. The first-order valence-corrected chi connectivity index (χ1v) is 8.10. The third-order valence-electron chi connectivity index (χ3n) is 4.71. The van der Waals surface area contributed by atoms with E-state index >= 15 is 0 Å². The maximum absolute atomic E-state index is 3.63. The van der Waals surface area contributed by atoms with Crippen molar-refractivity contribution in [2.45, 2.75) is 46.2 Å². The lowest BCUT2D eigenvalue weighted by Gasteiger charge is -2.40. The van der Waals surface area contributed by atoms with Crippen LogP contribution >= 0.6 is 0 Å². The van der Waals surface area contributed by atoms with Crippen LogP contribution < -0.4 is 5.32 Å². The first-order chi connectivity index (χ1) is 9.58. The van der Waals surface area contributed by atoms with Crippen molar-refractivity contribution in [1.29, 1.82) is 0 Å². The number of nitrogens with one attached hydrogen (secondary N) is 1. The van der Waals surface area contributed by atoms with Crippen molar-refractivity contribution >= 4 is 0 Å². The fraction of sp³-hybridized carbons (Fsp3) is 0.667. The Labute approximate surface area is 124 Å². The maximum atomic E-state index is 3.63. The molecule has 0 saturated carbocycles. The van der Waals surface area contributed by atoms with Crippen LogP contribution in [0.2, 0.25) is 0 Å². The lowest BCUT2D eigenvalue weighted by molar-refractivity contribution is 0.0933. The number of benzene rings is 1. The van der Waals surface area contributed by atoms with Gasteiger partial charge >= 0.3 is 0 Å². The Bertz CT molecular complexity index is 388. The van der Waals surface area contributed by atoms with Gasteiger partial charge in [-0.2, -0.15) is 0 Å². The van der Waals surface area contributed by atoms with E-state index in [0.29, 0.717) is 12.1 Å². The summed E-state index contributed by atoms with van der Waals surface area (Å²) in [6.07, 6.45) is 1.33. The third-order valence-corrected chi connectivity index (χ3v) is 4.71. The molecule has 1 aliphatic heterocycles. The molecular weight excluding hydrogens is 244 g/mol. The van der Waals surface area contributed by atoms with E-state index in [1.165, 1.54) is 25.1 Å². The van der Waals surface area contributed by atoms with E-state index in [2.05, 4.69) is 68.2 Å². The first-order valence-electron chi connectivity index (χ1n) is 8.10. The molecular formula is C18H30N2. The molecule has 0 aromatic heterocycles. The van der Waals surface area contributed by atoms with Crippen molar-refractivity contribution in [3.63, 3.8) is 0 Å². The average Bonchev–Trinajstić information content (AvgIpc) is 2.44. The topological polar surface area (TPSA) is 15.3 Å². The Morgan fingerprint density at radius 1 is 1.15 bits per heavy atom. The number of rotatable bonds is 5. The fourth-order valence-corrected chi connectivity index (χ4v) is 3.06. The third kappa shape index (κ3) is 4.07. The van der Waals surface area contributed by atoms with E-state index in [-0.39, 0.29) is 0 Å². The van der Waals surface area contributed by atoms with Gasteiger partial charge in [0.15, 0.2) is 0 Å². The van der Waals surface area contributed by atoms with E-state index < -0.39 is 0 Å². The van der Waals surface area contributed by atoms with Gasteiger partial charge in [-0.25, -0.2) is 0 Å². The zero-order chi connectivity index (χ0) is 14.5. The van der Waals surface area contributed by atoms with Crippen LogP contribution in [0.25, 0.3) is 0 Å². The summed E-state index contributed by atoms with van der Waals surface area (Å²) < 4.78 is 0. The Morgan fingerprint density at radius 3 is 2.45 bits per heavy atom. The largest absolute Gasteiger partial charge is 0.313 e. The summed E-state index contributed by atoms with van der Waals surface area (Å²) in [5.41, 5.74) is 1.45. The van der Waals surface area contributed by atoms with Crippen LogP contribution in [-0.4, -0.2) is 30.6 Å². The second kappa shape index (κ2) is 7.24. The molecule has 3 unspecified atom stereocenters. The highest BCUT2D eigenvalue weighted by atomic mass is 15.2. The van der Waals surface area contributed by atoms with E-state index in [9.17, 15) is 0 Å². The molecule has 1 aliphatic rings. The molecule has 0 bridgehead atoms. The average molecular weight is 274 g/mol. The minimum Gasteiger partial charge on any atom is -0.313 e. The lowest BCUT2D eigenvalue weighted by Crippen LogP contribution is -2.44. The quantitative estimate of drug-likeness (QED) is 0.880. The SMILES string of the molecule is CC(C)NCC(c1ccccc1)N1CCC(C)C(C)C1. The molecule has 1 N–H and O–H groups in total. The predicted octanol–water partition coefficient (Wildman–Crippen LogP) is 3.70. The van der Waals surface area contributed by atoms with Gasteiger partial charge < -0.3 is 5.32 Å². The van der Waals surface area contributed by atoms with Gasteiger partial charge in [0.2, 0.25) is 0 Å². The van der Waals surface area contributed by atoms with Crippen molar-refractivity contribution < 1.29 is 0 Å². The zero-order valence-electron chi connectivity index (χ0n) is 13.5. The maximum Gasteiger partial charge on any atom is 0.0472 e. The van der Waals surface area contributed by atoms with Crippen LogP contribution in [0, 0.1) is 11.8 Å². The summed E-state index contributed by atoms with van der Waals surface area (Å²) >= 11 is 0. The van der Waals surface area contributed by atoms with E-state index in [4.69, 9.17) is 0 Å². The zero-order valence-corrected chi connectivity index (χ0v) is 13.5. The van der Waals surface area contributed by atoms with Crippen molar-refractivity contribution in [2.24, 2.45) is 11.8 Å². The molecule has 1 fully saturated rings. The molecule has 3 atom stereocenters. The van der Waals surface area contributed by atoms with Gasteiger partial charge in [0.1, 0.15) is 0 Å². The van der Waals surface area contributed by atoms with Gasteiger partial charge in [0.05, 0.1) is 0 Å². The van der Waals surface area contributed by atoms with E-state index in [1.54, 1.807) is 0 Å². The number of hydrogen-bond donors (Lipinski definition) is 1. The summed E-state index contributed by atoms with van der Waals surface area (Å²) in [4.78, 5) is 2.68. The van der Waals surface area contributed by atoms with Crippen molar-refractivity contribution in [3.8, 4) is 0 Å². The van der Waals surface area contributed by atoms with Crippen LogP contribution in [0.5, 0.6) is 0 Å². The van der Waals surface area contributed by atoms with Crippen LogP contribution in [0.1, 0.15) is 45.7 Å². The number of piperidine rings is 1. The van der Waals surface area contributed by atoms with Crippen molar-refractivity contribution in [1.82, 2.24) is 10.2 Å². The number of nitrogens with zero attached hydrogens (tertiary/aromatic N) is 1. The highest BCUT2D eigenvalue weighted by Crippen LogP contribution is 2.29. The minimum absolute atomic E-state index is 0.508. The predicted molar refractivity (Wildman–Crippen MR) is 86.8 cm³/mol. The lowest BCUT2D eigenvalue weighted by atomic mass is 9.87. The summed E-state index contributed by atoms with van der Waals surface area (Å²) in [5.74, 6) is 1.66. The summed E-state index contributed by atoms with van der Waals surface area (Å²) in [5, 5.41) is 3.63. The molecule has 0 radical (unpaired) electrons. The molecule has 2 rings (SSSR count). The van der Waals surface area contributed by atoms with Crippen LogP contribution in [-0.2, 0) is 0 Å². The van der Waals surface area contributed by atoms with Gasteiger partial charge in [0.25, 0.3) is 0 Å². The van der Waals surface area contributed by atoms with Crippen molar-refractivity contribution in [2.75, 3.05) is 19.6 Å². The fourth-order valence-electron chi connectivity index (χ4n) is 3.06. The Balaban J connectivity index is 2.10. The van der Waals surface area contributed by atoms with Gasteiger partial charge in [-0.15, -0.1) is 0 Å². The Kier molecular flexibility index (Phi) is 5.62. The van der Waals surface area contributed by atoms with Gasteiger partial charge in [-0.3, -0.25) is 4.90 Å². The smallest absolute Gasteiger partial charge is 0.0472 e. The summed E-state index contributed by atoms with van der Waals surface area (Å²) in [6, 6.07) is 12.0. The van der Waals surface area contributed by atoms with E-state index in [0.717, 1.165) is 18.4 Å². The normalized spacial score (nSPS) is 25.9. The van der Waals surface area contributed by atoms with Gasteiger partial charge in [0, 0.05) is 25.2 Å². The van der Waals surface area contributed by atoms with Crippen molar-refractivity contribution in [3.05, 3.63) is 35.9 Å². The monoisotopic (exact) mass is 274 g/mol. The number of hydrogen-bond acceptors (Lipinski definition) is 2. The van der Waals surface area contributed by atoms with Crippen LogP contribution in [0.3, 0.4) is 0 Å². The molecule has 0 aliphatic carbocycles. The molecule has 0 amide bonds. The number of likely N-dealkylation sites (tertiary alicyclic amines) is 1.